The molecule has 1 aromatic rings. The molecule has 0 radical (unpaired) electrons. The lowest BCUT2D eigenvalue weighted by Gasteiger charge is -2.33. The summed E-state index contributed by atoms with van der Waals surface area (Å²) in [6.07, 6.45) is 3.02. The monoisotopic (exact) mass is 308 g/mol. The van der Waals surface area contributed by atoms with E-state index in [1.54, 1.807) is 0 Å². The van der Waals surface area contributed by atoms with Crippen molar-refractivity contribution in [1.82, 2.24) is 19.8 Å². The van der Waals surface area contributed by atoms with Crippen LogP contribution in [0.1, 0.15) is 16.8 Å². The number of morpholine rings is 1. The topological polar surface area (TPSA) is 98.8 Å². The zero-order valence-corrected chi connectivity index (χ0v) is 12.3. The van der Waals surface area contributed by atoms with Crippen LogP contribution in [0.15, 0.2) is 17.3 Å². The quantitative estimate of drug-likeness (QED) is 0.718. The lowest BCUT2D eigenvalue weighted by molar-refractivity contribution is -0.0257. The predicted octanol–water partition coefficient (Wildman–Crippen LogP) is -1.32. The summed E-state index contributed by atoms with van der Waals surface area (Å²) in [5, 5.41) is 10.7. The fourth-order valence-corrected chi connectivity index (χ4v) is 3.00. The van der Waals surface area contributed by atoms with Gasteiger partial charge in [0.15, 0.2) is 0 Å². The van der Waals surface area contributed by atoms with Crippen molar-refractivity contribution in [3.05, 3.63) is 28.4 Å². The van der Waals surface area contributed by atoms with Crippen molar-refractivity contribution in [2.75, 3.05) is 45.9 Å². The highest BCUT2D eigenvalue weighted by Gasteiger charge is 2.40. The SMILES string of the molecule is O=C(c1cnc[nH]c1=O)N1CCC(O)(CN2CCOCC2)C1. The molecular formula is C14H20N4O4. The number of likely N-dealkylation sites (tertiary alicyclic amines) is 1. The van der Waals surface area contributed by atoms with E-state index in [-0.39, 0.29) is 18.0 Å². The molecule has 0 aromatic carbocycles. The van der Waals surface area contributed by atoms with Crippen molar-refractivity contribution in [1.29, 1.82) is 0 Å². The first-order chi connectivity index (χ1) is 10.6. The summed E-state index contributed by atoms with van der Waals surface area (Å²) in [6, 6.07) is 0. The molecule has 22 heavy (non-hydrogen) atoms. The first-order valence-corrected chi connectivity index (χ1v) is 7.42. The summed E-state index contributed by atoms with van der Waals surface area (Å²) in [4.78, 5) is 33.9. The van der Waals surface area contributed by atoms with E-state index in [0.717, 1.165) is 13.1 Å². The number of hydrogen-bond donors (Lipinski definition) is 2. The maximum Gasteiger partial charge on any atom is 0.263 e. The second-order valence-corrected chi connectivity index (χ2v) is 5.88. The predicted molar refractivity (Wildman–Crippen MR) is 77.6 cm³/mol. The average molecular weight is 308 g/mol. The van der Waals surface area contributed by atoms with E-state index in [2.05, 4.69) is 14.9 Å². The summed E-state index contributed by atoms with van der Waals surface area (Å²) >= 11 is 0. The van der Waals surface area contributed by atoms with Crippen LogP contribution in [-0.4, -0.2) is 82.3 Å². The zero-order chi connectivity index (χ0) is 15.6. The Bertz CT molecular complexity index is 599. The van der Waals surface area contributed by atoms with Gasteiger partial charge in [-0.15, -0.1) is 0 Å². The van der Waals surface area contributed by atoms with Gasteiger partial charge in [0.05, 0.1) is 31.7 Å². The van der Waals surface area contributed by atoms with Gasteiger partial charge in [0, 0.05) is 32.4 Å². The van der Waals surface area contributed by atoms with E-state index < -0.39 is 11.2 Å². The number of carbonyl (C=O) groups is 1. The van der Waals surface area contributed by atoms with Crippen LogP contribution in [-0.2, 0) is 4.74 Å². The number of aliphatic hydroxyl groups is 1. The minimum Gasteiger partial charge on any atom is -0.387 e. The molecule has 1 atom stereocenters. The smallest absolute Gasteiger partial charge is 0.263 e. The Morgan fingerprint density at radius 2 is 2.18 bits per heavy atom. The third kappa shape index (κ3) is 3.18. The lowest BCUT2D eigenvalue weighted by Crippen LogP contribution is -2.49. The molecular weight excluding hydrogens is 288 g/mol. The van der Waals surface area contributed by atoms with Crippen molar-refractivity contribution in [2.45, 2.75) is 12.0 Å². The van der Waals surface area contributed by atoms with Crippen molar-refractivity contribution in [3.63, 3.8) is 0 Å². The Hall–Kier alpha value is -1.77. The molecule has 0 spiro atoms. The van der Waals surface area contributed by atoms with Crippen molar-refractivity contribution in [3.8, 4) is 0 Å². The summed E-state index contributed by atoms with van der Waals surface area (Å²) in [7, 11) is 0. The Morgan fingerprint density at radius 1 is 1.41 bits per heavy atom. The van der Waals surface area contributed by atoms with Crippen LogP contribution >= 0.6 is 0 Å². The van der Waals surface area contributed by atoms with Gasteiger partial charge < -0.3 is 19.7 Å². The number of nitrogens with one attached hydrogen (secondary N) is 1. The summed E-state index contributed by atoms with van der Waals surface area (Å²) in [5.41, 5.74) is -1.37. The van der Waals surface area contributed by atoms with Gasteiger partial charge in [0.1, 0.15) is 5.56 Å². The molecule has 3 rings (SSSR count). The van der Waals surface area contributed by atoms with E-state index in [0.29, 0.717) is 32.7 Å². The second kappa shape index (κ2) is 6.15. The number of amides is 1. The molecule has 1 aromatic heterocycles. The van der Waals surface area contributed by atoms with Gasteiger partial charge in [-0.1, -0.05) is 0 Å². The van der Waals surface area contributed by atoms with Gasteiger partial charge in [-0.05, 0) is 6.42 Å². The van der Waals surface area contributed by atoms with E-state index in [1.165, 1.54) is 17.4 Å². The molecule has 8 heteroatoms. The highest BCUT2D eigenvalue weighted by Crippen LogP contribution is 2.23. The van der Waals surface area contributed by atoms with E-state index in [9.17, 15) is 14.7 Å². The van der Waals surface area contributed by atoms with Crippen LogP contribution in [0.3, 0.4) is 0 Å². The minimum atomic E-state index is -0.929. The molecule has 0 bridgehead atoms. The number of carbonyl (C=O) groups excluding carboxylic acids is 1. The Morgan fingerprint density at radius 3 is 2.91 bits per heavy atom. The number of aromatic amines is 1. The van der Waals surface area contributed by atoms with Crippen molar-refractivity contribution in [2.24, 2.45) is 0 Å². The maximum atomic E-state index is 12.4. The Balaban J connectivity index is 1.65. The highest BCUT2D eigenvalue weighted by molar-refractivity contribution is 5.93. The van der Waals surface area contributed by atoms with Gasteiger partial charge in [-0.25, -0.2) is 4.98 Å². The highest BCUT2D eigenvalue weighted by atomic mass is 16.5. The number of hydrogen-bond acceptors (Lipinski definition) is 6. The Labute approximate surface area is 127 Å². The molecule has 0 aliphatic carbocycles. The number of rotatable bonds is 3. The third-order valence-corrected chi connectivity index (χ3v) is 4.19. The second-order valence-electron chi connectivity index (χ2n) is 5.88. The number of nitrogens with zero attached hydrogens (tertiary/aromatic N) is 3. The molecule has 3 heterocycles. The molecule has 120 valence electrons. The van der Waals surface area contributed by atoms with Gasteiger partial charge in [-0.3, -0.25) is 14.5 Å². The third-order valence-electron chi connectivity index (χ3n) is 4.19. The largest absolute Gasteiger partial charge is 0.387 e. The molecule has 1 unspecified atom stereocenters. The normalized spacial score (nSPS) is 26.3. The zero-order valence-electron chi connectivity index (χ0n) is 12.3. The van der Waals surface area contributed by atoms with Gasteiger partial charge in [0.25, 0.3) is 11.5 Å². The average Bonchev–Trinajstić information content (AvgIpc) is 2.90. The fraction of sp³-hybridized carbons (Fsp3) is 0.643. The van der Waals surface area contributed by atoms with Crippen LogP contribution in [0.4, 0.5) is 0 Å². The molecule has 2 fully saturated rings. The van der Waals surface area contributed by atoms with Gasteiger partial charge in [0.2, 0.25) is 0 Å². The summed E-state index contributed by atoms with van der Waals surface area (Å²) in [6.45, 7) is 4.11. The first kappa shape index (κ1) is 15.1. The lowest BCUT2D eigenvalue weighted by atomic mass is 10.0. The van der Waals surface area contributed by atoms with Crippen molar-refractivity contribution < 1.29 is 14.6 Å². The molecule has 2 saturated heterocycles. The van der Waals surface area contributed by atoms with E-state index in [4.69, 9.17) is 4.74 Å². The number of ether oxygens (including phenoxy) is 1. The Kier molecular flexibility index (Phi) is 4.23. The van der Waals surface area contributed by atoms with Gasteiger partial charge in [-0.2, -0.15) is 0 Å². The minimum absolute atomic E-state index is 0.0122. The number of H-pyrrole nitrogens is 1. The maximum absolute atomic E-state index is 12.4. The fourth-order valence-electron chi connectivity index (χ4n) is 3.00. The van der Waals surface area contributed by atoms with Gasteiger partial charge >= 0.3 is 0 Å². The summed E-state index contributed by atoms with van der Waals surface area (Å²) in [5.74, 6) is -0.382. The van der Waals surface area contributed by atoms with E-state index >= 15 is 0 Å². The molecule has 8 nitrogen and oxygen atoms in total. The summed E-state index contributed by atoms with van der Waals surface area (Å²) < 4.78 is 5.29. The van der Waals surface area contributed by atoms with Crippen molar-refractivity contribution >= 4 is 5.91 Å². The van der Waals surface area contributed by atoms with Crippen LogP contribution in [0.25, 0.3) is 0 Å². The number of β-amino-alcohol motifs (C(OH)–C–C–N with tert-alkyl or cyclic N) is 1. The van der Waals surface area contributed by atoms with E-state index in [1.807, 2.05) is 0 Å². The standard InChI is InChI=1S/C14H20N4O4/c19-12-11(7-15-10-16-12)13(20)18-2-1-14(21,9-18)8-17-3-5-22-6-4-17/h7,10,21H,1-6,8-9H2,(H,15,16,19). The molecule has 1 amide bonds. The van der Waals surface area contributed by atoms with Crippen LogP contribution in [0, 0.1) is 0 Å². The number of aromatic nitrogens is 2. The van der Waals surface area contributed by atoms with Crippen LogP contribution in [0.5, 0.6) is 0 Å². The molecule has 2 aliphatic rings. The molecule has 2 aliphatic heterocycles. The molecule has 0 saturated carbocycles. The molecule has 2 N–H and O–H groups in total. The van der Waals surface area contributed by atoms with Crippen LogP contribution in [0.2, 0.25) is 0 Å². The first-order valence-electron chi connectivity index (χ1n) is 7.42. The van der Waals surface area contributed by atoms with Crippen LogP contribution < -0.4 is 5.56 Å².